The Balaban J connectivity index is 1.83. The molecule has 2 heterocycles. The number of hydrogen-bond donors (Lipinski definition) is 3. The number of methoxy groups -OCH3 is 1. The quantitative estimate of drug-likeness (QED) is 0.654. The number of aliphatic hydroxyl groups is 2. The number of ether oxygens (including phenoxy) is 2. The van der Waals surface area contributed by atoms with E-state index in [0.717, 1.165) is 16.9 Å². The predicted octanol–water partition coefficient (Wildman–Crippen LogP) is 2.29. The molecule has 1 aromatic carbocycles. The van der Waals surface area contributed by atoms with Crippen LogP contribution in [0.4, 0.5) is 4.79 Å². The van der Waals surface area contributed by atoms with Gasteiger partial charge in [0.1, 0.15) is 12.4 Å². The van der Waals surface area contributed by atoms with E-state index in [2.05, 4.69) is 4.98 Å². The van der Waals surface area contributed by atoms with E-state index in [4.69, 9.17) is 9.47 Å². The van der Waals surface area contributed by atoms with Crippen molar-refractivity contribution in [2.45, 2.75) is 19.6 Å². The number of nitrogens with zero attached hydrogens (tertiary/aromatic N) is 2. The molecule has 1 aliphatic heterocycles. The van der Waals surface area contributed by atoms with Crippen molar-refractivity contribution in [3.05, 3.63) is 58.8 Å². The SMILES string of the molecule is COc1ccc(COc2ccc(CO)c(C3=C(CO)CN(C(=O)O)CC3)n2)cc1. The molecule has 8 heteroatoms. The minimum Gasteiger partial charge on any atom is -0.497 e. The zero-order chi connectivity index (χ0) is 20.8. The van der Waals surface area contributed by atoms with Crippen LogP contribution in [-0.4, -0.2) is 58.1 Å². The first-order valence-electron chi connectivity index (χ1n) is 9.22. The first kappa shape index (κ1) is 20.6. The molecule has 2 aromatic rings. The molecular weight excluding hydrogens is 376 g/mol. The fraction of sp³-hybridized carbons (Fsp3) is 0.333. The number of pyridine rings is 1. The summed E-state index contributed by atoms with van der Waals surface area (Å²) in [5.41, 5.74) is 3.42. The summed E-state index contributed by atoms with van der Waals surface area (Å²) >= 11 is 0. The first-order valence-corrected chi connectivity index (χ1v) is 9.22. The van der Waals surface area contributed by atoms with Gasteiger partial charge in [-0.05, 0) is 41.3 Å². The number of rotatable bonds is 7. The molecule has 0 atom stereocenters. The third kappa shape index (κ3) is 4.85. The van der Waals surface area contributed by atoms with Gasteiger partial charge < -0.3 is 29.7 Å². The van der Waals surface area contributed by atoms with Crippen LogP contribution in [0.5, 0.6) is 11.6 Å². The van der Waals surface area contributed by atoms with Crippen LogP contribution in [0.2, 0.25) is 0 Å². The first-order chi connectivity index (χ1) is 14.0. The number of carboxylic acid groups (broad SMARTS) is 1. The van der Waals surface area contributed by atoms with E-state index in [0.29, 0.717) is 42.3 Å². The molecule has 1 amide bonds. The van der Waals surface area contributed by atoms with E-state index in [1.807, 2.05) is 24.3 Å². The maximum Gasteiger partial charge on any atom is 0.407 e. The van der Waals surface area contributed by atoms with Gasteiger partial charge in [0.05, 0.1) is 26.0 Å². The van der Waals surface area contributed by atoms with Gasteiger partial charge in [0.2, 0.25) is 5.88 Å². The maximum atomic E-state index is 11.2. The molecule has 0 saturated carbocycles. The average molecular weight is 400 g/mol. The summed E-state index contributed by atoms with van der Waals surface area (Å²) < 4.78 is 10.9. The van der Waals surface area contributed by atoms with E-state index >= 15 is 0 Å². The Kier molecular flexibility index (Phi) is 6.69. The standard InChI is InChI=1S/C21H24N2O6/c1-28-17-5-2-14(3-6-17)13-29-19-7-4-15(11-24)20(22-19)18-8-9-23(21(26)27)10-16(18)12-25/h2-7,24-25H,8-13H2,1H3,(H,26,27). The normalized spacial score (nSPS) is 14.1. The Labute approximate surface area is 168 Å². The topological polar surface area (TPSA) is 112 Å². The summed E-state index contributed by atoms with van der Waals surface area (Å²) in [6.07, 6.45) is -0.619. The lowest BCUT2D eigenvalue weighted by Crippen LogP contribution is -2.36. The molecule has 0 spiro atoms. The molecule has 0 bridgehead atoms. The average Bonchev–Trinajstić information content (AvgIpc) is 2.77. The van der Waals surface area contributed by atoms with E-state index in [1.54, 1.807) is 19.2 Å². The lowest BCUT2D eigenvalue weighted by molar-refractivity contribution is 0.146. The zero-order valence-corrected chi connectivity index (χ0v) is 16.2. The summed E-state index contributed by atoms with van der Waals surface area (Å²) in [5, 5.41) is 28.7. The van der Waals surface area contributed by atoms with Crippen molar-refractivity contribution in [2.75, 3.05) is 26.8 Å². The largest absolute Gasteiger partial charge is 0.497 e. The lowest BCUT2D eigenvalue weighted by atomic mass is 9.94. The molecule has 3 rings (SSSR count). The number of carbonyl (C=O) groups is 1. The molecule has 1 aromatic heterocycles. The molecule has 154 valence electrons. The van der Waals surface area contributed by atoms with Crippen molar-refractivity contribution >= 4 is 11.7 Å². The zero-order valence-electron chi connectivity index (χ0n) is 16.2. The van der Waals surface area contributed by atoms with Crippen LogP contribution in [0.25, 0.3) is 5.57 Å². The highest BCUT2D eigenvalue weighted by molar-refractivity contribution is 5.74. The van der Waals surface area contributed by atoms with Crippen LogP contribution in [0.15, 0.2) is 42.0 Å². The Morgan fingerprint density at radius 2 is 1.90 bits per heavy atom. The van der Waals surface area contributed by atoms with Crippen LogP contribution < -0.4 is 9.47 Å². The fourth-order valence-electron chi connectivity index (χ4n) is 3.24. The van der Waals surface area contributed by atoms with E-state index in [9.17, 15) is 20.1 Å². The Morgan fingerprint density at radius 3 is 2.52 bits per heavy atom. The second-order valence-corrected chi connectivity index (χ2v) is 6.65. The lowest BCUT2D eigenvalue weighted by Gasteiger charge is -2.28. The third-order valence-electron chi connectivity index (χ3n) is 4.86. The number of hydrogen-bond acceptors (Lipinski definition) is 6. The minimum absolute atomic E-state index is 0.116. The van der Waals surface area contributed by atoms with Crippen molar-refractivity contribution in [1.29, 1.82) is 0 Å². The van der Waals surface area contributed by atoms with Crippen LogP contribution in [0.3, 0.4) is 0 Å². The Hall–Kier alpha value is -3.10. The molecule has 0 unspecified atom stereocenters. The van der Waals surface area contributed by atoms with Crippen LogP contribution in [-0.2, 0) is 13.2 Å². The van der Waals surface area contributed by atoms with Crippen LogP contribution >= 0.6 is 0 Å². The van der Waals surface area contributed by atoms with Gasteiger partial charge in [0, 0.05) is 24.7 Å². The fourth-order valence-corrected chi connectivity index (χ4v) is 3.24. The Bertz CT molecular complexity index is 895. The predicted molar refractivity (Wildman–Crippen MR) is 106 cm³/mol. The van der Waals surface area contributed by atoms with Crippen molar-refractivity contribution in [2.24, 2.45) is 0 Å². The van der Waals surface area contributed by atoms with Crippen LogP contribution in [0.1, 0.15) is 23.2 Å². The molecule has 8 nitrogen and oxygen atoms in total. The highest BCUT2D eigenvalue weighted by Crippen LogP contribution is 2.30. The van der Waals surface area contributed by atoms with Gasteiger partial charge in [0.25, 0.3) is 0 Å². The molecule has 3 N–H and O–H groups in total. The highest BCUT2D eigenvalue weighted by Gasteiger charge is 2.25. The molecule has 0 saturated heterocycles. The van der Waals surface area contributed by atoms with Crippen molar-refractivity contribution in [1.82, 2.24) is 9.88 Å². The van der Waals surface area contributed by atoms with E-state index in [1.165, 1.54) is 4.90 Å². The van der Waals surface area contributed by atoms with Gasteiger partial charge in [-0.25, -0.2) is 9.78 Å². The van der Waals surface area contributed by atoms with Gasteiger partial charge in [-0.1, -0.05) is 12.1 Å². The van der Waals surface area contributed by atoms with Crippen LogP contribution in [0, 0.1) is 0 Å². The molecule has 0 radical (unpaired) electrons. The summed E-state index contributed by atoms with van der Waals surface area (Å²) in [7, 11) is 1.61. The summed E-state index contributed by atoms with van der Waals surface area (Å²) in [6, 6.07) is 10.9. The Morgan fingerprint density at radius 1 is 1.14 bits per heavy atom. The second kappa shape index (κ2) is 9.40. The number of aromatic nitrogens is 1. The van der Waals surface area contributed by atoms with Gasteiger partial charge >= 0.3 is 6.09 Å². The number of amides is 1. The summed E-state index contributed by atoms with van der Waals surface area (Å²) in [5.74, 6) is 1.15. The van der Waals surface area contributed by atoms with E-state index in [-0.39, 0.29) is 19.8 Å². The van der Waals surface area contributed by atoms with Crippen molar-refractivity contribution in [3.63, 3.8) is 0 Å². The molecule has 0 fully saturated rings. The molecule has 0 aliphatic carbocycles. The number of benzene rings is 1. The summed E-state index contributed by atoms with van der Waals surface area (Å²) in [4.78, 5) is 17.0. The number of aliphatic hydroxyl groups excluding tert-OH is 2. The smallest absolute Gasteiger partial charge is 0.407 e. The van der Waals surface area contributed by atoms with E-state index < -0.39 is 6.09 Å². The van der Waals surface area contributed by atoms with Gasteiger partial charge in [-0.2, -0.15) is 0 Å². The van der Waals surface area contributed by atoms with Gasteiger partial charge in [0.15, 0.2) is 0 Å². The molecular formula is C21H24N2O6. The maximum absolute atomic E-state index is 11.2. The third-order valence-corrected chi connectivity index (χ3v) is 4.86. The second-order valence-electron chi connectivity index (χ2n) is 6.65. The monoisotopic (exact) mass is 400 g/mol. The van der Waals surface area contributed by atoms with Gasteiger partial charge in [-0.15, -0.1) is 0 Å². The van der Waals surface area contributed by atoms with Crippen molar-refractivity contribution < 1.29 is 29.6 Å². The van der Waals surface area contributed by atoms with Crippen molar-refractivity contribution in [3.8, 4) is 11.6 Å². The molecule has 1 aliphatic rings. The highest BCUT2D eigenvalue weighted by atomic mass is 16.5. The van der Waals surface area contributed by atoms with Gasteiger partial charge in [-0.3, -0.25) is 0 Å². The molecule has 29 heavy (non-hydrogen) atoms. The minimum atomic E-state index is -1.03. The summed E-state index contributed by atoms with van der Waals surface area (Å²) in [6.45, 7) is 0.241.